The Hall–Kier alpha value is -3.51. The van der Waals surface area contributed by atoms with Crippen molar-refractivity contribution in [1.29, 1.82) is 0 Å². The van der Waals surface area contributed by atoms with Gasteiger partial charge in [-0.15, -0.1) is 0 Å². The molecule has 1 spiro atoms. The SMILES string of the molecule is C[C@@H]1NC(=O)CC/C=C\CN(c2ccccc2Cl)C(=O)[C@H]2N(CCCCO)C(=O)[C@@H]3[C@@H](C(=O)O[C@H]1c1ccccc1)[C@@H]1O[C@@]32C=C1Br. The molecule has 0 saturated carbocycles. The first-order chi connectivity index (χ1) is 22.7. The Morgan fingerprint density at radius 2 is 1.74 bits per heavy atom. The Morgan fingerprint density at radius 3 is 2.49 bits per heavy atom. The van der Waals surface area contributed by atoms with Gasteiger partial charge in [-0.1, -0.05) is 82.1 Å². The Labute approximate surface area is 286 Å². The van der Waals surface area contributed by atoms with E-state index < -0.39 is 59.5 Å². The number of cyclic esters (lactones) is 1. The number of unbranched alkanes of at least 4 members (excludes halogenated alkanes) is 1. The van der Waals surface area contributed by atoms with E-state index in [1.165, 1.54) is 9.80 Å². The number of carbonyl (C=O) groups is 4. The Morgan fingerprint density at radius 1 is 1.00 bits per heavy atom. The van der Waals surface area contributed by atoms with Crippen LogP contribution in [0.4, 0.5) is 5.69 Å². The van der Waals surface area contributed by atoms with E-state index in [1.54, 1.807) is 43.3 Å². The number of hydrogen-bond donors (Lipinski definition) is 2. The van der Waals surface area contributed by atoms with E-state index in [4.69, 9.17) is 21.1 Å². The van der Waals surface area contributed by atoms with Crippen LogP contribution in [0.2, 0.25) is 5.02 Å². The molecule has 0 radical (unpaired) electrons. The van der Waals surface area contributed by atoms with Crippen LogP contribution in [-0.4, -0.2) is 77.2 Å². The summed E-state index contributed by atoms with van der Waals surface area (Å²) in [7, 11) is 0. The number of hydrogen-bond acceptors (Lipinski definition) is 7. The fourth-order valence-corrected chi connectivity index (χ4v) is 8.22. The van der Waals surface area contributed by atoms with Gasteiger partial charge in [0.2, 0.25) is 11.8 Å². The summed E-state index contributed by atoms with van der Waals surface area (Å²) in [5, 5.41) is 12.8. The van der Waals surface area contributed by atoms with Gasteiger partial charge < -0.3 is 29.7 Å². The van der Waals surface area contributed by atoms with Crippen molar-refractivity contribution in [1.82, 2.24) is 10.2 Å². The minimum atomic E-state index is -1.46. The molecule has 0 unspecified atom stereocenters. The molecule has 2 N–H and O–H groups in total. The van der Waals surface area contributed by atoms with Gasteiger partial charge in [-0.05, 0) is 50.0 Å². The van der Waals surface area contributed by atoms with Gasteiger partial charge in [0.1, 0.15) is 29.8 Å². The molecule has 4 heterocycles. The molecule has 2 aromatic carbocycles. The molecule has 0 aromatic heterocycles. The number of nitrogens with zero attached hydrogens (tertiary/aromatic N) is 2. The zero-order chi connectivity index (χ0) is 33.3. The minimum Gasteiger partial charge on any atom is -0.455 e. The summed E-state index contributed by atoms with van der Waals surface area (Å²) in [4.78, 5) is 59.6. The van der Waals surface area contributed by atoms with E-state index in [2.05, 4.69) is 21.2 Å². The van der Waals surface area contributed by atoms with Crippen molar-refractivity contribution in [3.63, 3.8) is 0 Å². The molecule has 4 aliphatic rings. The smallest absolute Gasteiger partial charge is 0.313 e. The maximum atomic E-state index is 14.9. The molecule has 6 rings (SSSR count). The lowest BCUT2D eigenvalue weighted by atomic mass is 9.74. The fraction of sp³-hybridized carbons (Fsp3) is 0.429. The van der Waals surface area contributed by atoms with Crippen molar-refractivity contribution >= 4 is 56.9 Å². The van der Waals surface area contributed by atoms with Crippen molar-refractivity contribution in [3.8, 4) is 0 Å². The molecule has 10 nitrogen and oxygen atoms in total. The summed E-state index contributed by atoms with van der Waals surface area (Å²) >= 11 is 10.2. The largest absolute Gasteiger partial charge is 0.455 e. The molecule has 0 aliphatic carbocycles. The summed E-state index contributed by atoms with van der Waals surface area (Å²) < 4.78 is 13.4. The third kappa shape index (κ3) is 6.14. The normalized spacial score (nSPS) is 31.8. The van der Waals surface area contributed by atoms with Gasteiger partial charge in [0.05, 0.1) is 22.7 Å². The number of anilines is 1. The molecule has 4 aliphatic heterocycles. The third-order valence-corrected chi connectivity index (χ3v) is 10.4. The molecule has 3 amide bonds. The zero-order valence-corrected chi connectivity index (χ0v) is 28.2. The third-order valence-electron chi connectivity index (χ3n) is 9.36. The van der Waals surface area contributed by atoms with E-state index in [-0.39, 0.29) is 32.0 Å². The molecular formula is C35H37BrClN3O7. The van der Waals surface area contributed by atoms with Gasteiger partial charge in [0.25, 0.3) is 5.91 Å². The number of rotatable bonds is 6. The van der Waals surface area contributed by atoms with Crippen molar-refractivity contribution in [2.45, 2.75) is 62.5 Å². The number of ether oxygens (including phenoxy) is 2. The second kappa shape index (κ2) is 13.9. The number of allylic oxidation sites excluding steroid dienone is 1. The van der Waals surface area contributed by atoms with Crippen LogP contribution in [0, 0.1) is 11.8 Å². The topological polar surface area (TPSA) is 125 Å². The lowest BCUT2D eigenvalue weighted by molar-refractivity contribution is -0.161. The van der Waals surface area contributed by atoms with E-state index >= 15 is 0 Å². The van der Waals surface area contributed by atoms with Crippen LogP contribution in [0.5, 0.6) is 0 Å². The van der Waals surface area contributed by atoms with E-state index in [0.29, 0.717) is 40.0 Å². The first-order valence-corrected chi connectivity index (χ1v) is 17.1. The quantitative estimate of drug-likeness (QED) is 0.256. The van der Waals surface area contributed by atoms with Crippen LogP contribution in [-0.2, 0) is 28.7 Å². The van der Waals surface area contributed by atoms with Crippen molar-refractivity contribution in [2.75, 3.05) is 24.6 Å². The van der Waals surface area contributed by atoms with Crippen LogP contribution in [0.3, 0.4) is 0 Å². The first kappa shape index (κ1) is 33.4. The average molecular weight is 727 g/mol. The van der Waals surface area contributed by atoms with E-state index in [1.807, 2.05) is 36.4 Å². The van der Waals surface area contributed by atoms with Crippen LogP contribution in [0.1, 0.15) is 44.3 Å². The van der Waals surface area contributed by atoms with Gasteiger partial charge in [-0.3, -0.25) is 19.2 Å². The van der Waals surface area contributed by atoms with Crippen LogP contribution >= 0.6 is 27.5 Å². The molecule has 2 saturated heterocycles. The lowest BCUT2D eigenvalue weighted by Crippen LogP contribution is -2.56. The van der Waals surface area contributed by atoms with Crippen molar-refractivity contribution in [3.05, 3.63) is 87.9 Å². The molecule has 7 atom stereocenters. The standard InChI is InChI=1S/C35H37BrClN3O7/c1-21-29(22-12-4-2-5-13-22)46-34(45)27-28-32(43)40(18-10-11-19-41)31(35(28)20-23(36)30(27)47-35)33(44)39(25-15-8-7-14-24(25)37)17-9-3-6-16-26(42)38-21/h2-5,7-9,12-15,20-21,27-31,41H,6,10-11,16-19H2,1H3,(H,38,42)/b9-3-/t21-,27+,28-,29+,30+,31+,35-/m0/s1. The number of aliphatic hydroxyl groups excluding tert-OH is 1. The predicted octanol–water partition coefficient (Wildman–Crippen LogP) is 4.46. The van der Waals surface area contributed by atoms with Gasteiger partial charge in [0.15, 0.2) is 0 Å². The van der Waals surface area contributed by atoms with Crippen LogP contribution < -0.4 is 10.2 Å². The summed E-state index contributed by atoms with van der Waals surface area (Å²) in [6.45, 7) is 2.01. The zero-order valence-electron chi connectivity index (χ0n) is 25.9. The van der Waals surface area contributed by atoms with Gasteiger partial charge >= 0.3 is 5.97 Å². The maximum absolute atomic E-state index is 14.9. The fourth-order valence-electron chi connectivity index (χ4n) is 7.24. The van der Waals surface area contributed by atoms with Crippen molar-refractivity contribution in [2.24, 2.45) is 11.8 Å². The molecule has 248 valence electrons. The summed E-state index contributed by atoms with van der Waals surface area (Å²) in [5.41, 5.74) is -0.320. The van der Waals surface area contributed by atoms with Crippen LogP contribution in [0.25, 0.3) is 0 Å². The monoisotopic (exact) mass is 725 g/mol. The molecule has 5 bridgehead atoms. The molecule has 47 heavy (non-hydrogen) atoms. The Balaban J connectivity index is 1.47. The maximum Gasteiger partial charge on any atom is 0.313 e. The number of benzene rings is 2. The second-order valence-electron chi connectivity index (χ2n) is 12.3. The highest BCUT2D eigenvalue weighted by Gasteiger charge is 2.75. The molecule has 2 aromatic rings. The highest BCUT2D eigenvalue weighted by molar-refractivity contribution is 9.11. The average Bonchev–Trinajstić information content (AvgIpc) is 3.65. The summed E-state index contributed by atoms with van der Waals surface area (Å²) in [5.74, 6) is -3.79. The molecule has 12 heteroatoms. The lowest BCUT2D eigenvalue weighted by Gasteiger charge is -2.36. The number of para-hydroxylation sites is 1. The highest BCUT2D eigenvalue weighted by atomic mass is 79.9. The molecular weight excluding hydrogens is 690 g/mol. The molecule has 2 fully saturated rings. The number of aliphatic hydroxyl groups is 1. The van der Waals surface area contributed by atoms with Crippen LogP contribution in [0.15, 0.2) is 77.3 Å². The van der Waals surface area contributed by atoms with Gasteiger partial charge in [-0.2, -0.15) is 0 Å². The van der Waals surface area contributed by atoms with Gasteiger partial charge in [0, 0.05) is 30.6 Å². The van der Waals surface area contributed by atoms with E-state index in [9.17, 15) is 24.3 Å². The number of likely N-dealkylation sites (tertiary alicyclic amines) is 1. The van der Waals surface area contributed by atoms with Crippen molar-refractivity contribution < 1.29 is 33.8 Å². The highest BCUT2D eigenvalue weighted by Crippen LogP contribution is 2.59. The first-order valence-electron chi connectivity index (χ1n) is 15.9. The minimum absolute atomic E-state index is 0.0691. The number of amides is 3. The van der Waals surface area contributed by atoms with Gasteiger partial charge in [-0.25, -0.2) is 0 Å². The Kier molecular flexibility index (Phi) is 9.89. The number of esters is 1. The summed E-state index contributed by atoms with van der Waals surface area (Å²) in [6.07, 6.45) is 5.16. The summed E-state index contributed by atoms with van der Waals surface area (Å²) in [6, 6.07) is 14.4. The predicted molar refractivity (Wildman–Crippen MR) is 178 cm³/mol. The number of halogens is 2. The number of fused-ring (bicyclic) bond motifs is 2. The Bertz CT molecular complexity index is 1600. The number of carbonyl (C=O) groups excluding carboxylic acids is 4. The number of nitrogens with one attached hydrogen (secondary N) is 1. The second-order valence-corrected chi connectivity index (χ2v) is 13.6. The van der Waals surface area contributed by atoms with E-state index in [0.717, 1.165) is 0 Å².